The smallest absolute Gasteiger partial charge is 0.191 e. The predicted octanol–water partition coefficient (Wildman–Crippen LogP) is 3.37. The molecule has 0 aliphatic heterocycles. The van der Waals surface area contributed by atoms with Crippen LogP contribution in [-0.4, -0.2) is 22.8 Å². The number of rotatable bonds is 5. The summed E-state index contributed by atoms with van der Waals surface area (Å²) in [6.07, 6.45) is 0. The average Bonchev–Trinajstić information content (AvgIpc) is 3.07. The Morgan fingerprint density at radius 1 is 1.10 bits per heavy atom. The van der Waals surface area contributed by atoms with Gasteiger partial charge in [0.2, 0.25) is 0 Å². The fourth-order valence-electron chi connectivity index (χ4n) is 3.08. The van der Waals surface area contributed by atoms with Gasteiger partial charge in [0.1, 0.15) is 5.82 Å². The fourth-order valence-corrected chi connectivity index (χ4v) is 3.08. The van der Waals surface area contributed by atoms with E-state index in [1.807, 2.05) is 54.9 Å². The fraction of sp³-hybridized carbons (Fsp3) is 0.227. The van der Waals surface area contributed by atoms with Crippen LogP contribution in [0.25, 0.3) is 5.69 Å². The second kappa shape index (κ2) is 9.02. The summed E-state index contributed by atoms with van der Waals surface area (Å²) in [6, 6.07) is 16.4. The van der Waals surface area contributed by atoms with Crippen LogP contribution in [0.3, 0.4) is 0 Å². The Morgan fingerprint density at radius 2 is 1.83 bits per heavy atom. The van der Waals surface area contributed by atoms with E-state index >= 15 is 0 Å². The molecule has 7 heteroatoms. The van der Waals surface area contributed by atoms with Gasteiger partial charge in [0, 0.05) is 31.4 Å². The molecule has 0 unspecified atom stereocenters. The largest absolute Gasteiger partial charge is 0.352 e. The molecule has 2 N–H and O–H groups in total. The number of aromatic nitrogens is 2. The van der Waals surface area contributed by atoms with E-state index in [2.05, 4.69) is 20.7 Å². The van der Waals surface area contributed by atoms with Gasteiger partial charge in [0.25, 0.3) is 0 Å². The minimum absolute atomic E-state index is 0.260. The topological polar surface area (TPSA) is 78.0 Å². The molecule has 0 radical (unpaired) electrons. The van der Waals surface area contributed by atoms with Gasteiger partial charge in [-0.1, -0.05) is 24.3 Å². The monoisotopic (exact) mass is 390 g/mol. The van der Waals surface area contributed by atoms with Crippen molar-refractivity contribution in [1.82, 2.24) is 20.4 Å². The first kappa shape index (κ1) is 20.1. The van der Waals surface area contributed by atoms with E-state index in [0.717, 1.165) is 22.6 Å². The van der Waals surface area contributed by atoms with Crippen LogP contribution in [0.2, 0.25) is 0 Å². The molecule has 3 rings (SSSR count). The number of benzene rings is 2. The van der Waals surface area contributed by atoms with Gasteiger partial charge in [0.15, 0.2) is 5.96 Å². The maximum Gasteiger partial charge on any atom is 0.191 e. The van der Waals surface area contributed by atoms with E-state index in [9.17, 15) is 4.39 Å². The molecular formula is C22H23FN6. The summed E-state index contributed by atoms with van der Waals surface area (Å²) in [7, 11) is 1.66. The van der Waals surface area contributed by atoms with Crippen molar-refractivity contribution < 1.29 is 4.39 Å². The lowest BCUT2D eigenvalue weighted by Gasteiger charge is -2.15. The number of guanidine groups is 1. The van der Waals surface area contributed by atoms with Crippen molar-refractivity contribution in [2.24, 2.45) is 4.99 Å². The number of aliphatic imine (C=N–C) groups is 1. The standard InChI is InChI=1S/C22H23FN6/c1-15-10-16(2)29(28-15)21-7-5-4-6-19(21)14-27-22(25-3)26-13-18-9-8-17(12-24)11-20(18)23/h4-11H,13-14H2,1-3H3,(H2,25,26,27). The number of nitrogens with one attached hydrogen (secondary N) is 2. The van der Waals surface area contributed by atoms with Crippen molar-refractivity contribution in [3.63, 3.8) is 0 Å². The van der Waals surface area contributed by atoms with E-state index in [4.69, 9.17) is 5.26 Å². The second-order valence-corrected chi connectivity index (χ2v) is 6.66. The molecule has 0 aliphatic rings. The van der Waals surface area contributed by atoms with Crippen LogP contribution < -0.4 is 10.6 Å². The lowest BCUT2D eigenvalue weighted by Crippen LogP contribution is -2.36. The molecule has 0 bridgehead atoms. The molecule has 0 aliphatic carbocycles. The third kappa shape index (κ3) is 4.79. The normalized spacial score (nSPS) is 11.2. The van der Waals surface area contributed by atoms with E-state index in [1.54, 1.807) is 19.2 Å². The van der Waals surface area contributed by atoms with Gasteiger partial charge in [-0.3, -0.25) is 4.99 Å². The summed E-state index contributed by atoms with van der Waals surface area (Å²) in [5, 5.41) is 19.8. The van der Waals surface area contributed by atoms with Crippen molar-refractivity contribution >= 4 is 5.96 Å². The highest BCUT2D eigenvalue weighted by Crippen LogP contribution is 2.17. The Labute approximate surface area is 169 Å². The summed E-state index contributed by atoms with van der Waals surface area (Å²) >= 11 is 0. The Balaban J connectivity index is 1.68. The van der Waals surface area contributed by atoms with Crippen molar-refractivity contribution in [3.05, 3.63) is 82.4 Å². The maximum atomic E-state index is 14.1. The molecule has 3 aromatic rings. The highest BCUT2D eigenvalue weighted by molar-refractivity contribution is 5.79. The second-order valence-electron chi connectivity index (χ2n) is 6.66. The molecule has 2 aromatic carbocycles. The molecule has 0 saturated heterocycles. The molecule has 1 heterocycles. The summed E-state index contributed by atoms with van der Waals surface area (Å²) in [6.45, 7) is 4.79. The number of para-hydroxylation sites is 1. The van der Waals surface area contributed by atoms with Crippen LogP contribution in [0.15, 0.2) is 53.5 Å². The van der Waals surface area contributed by atoms with Crippen molar-refractivity contribution in [1.29, 1.82) is 5.26 Å². The van der Waals surface area contributed by atoms with Crippen LogP contribution in [0.5, 0.6) is 0 Å². The van der Waals surface area contributed by atoms with Gasteiger partial charge in [-0.2, -0.15) is 10.4 Å². The number of aryl methyl sites for hydroxylation is 2. The van der Waals surface area contributed by atoms with Gasteiger partial charge < -0.3 is 10.6 Å². The third-order valence-corrected chi connectivity index (χ3v) is 4.53. The Bertz CT molecular complexity index is 1080. The Morgan fingerprint density at radius 3 is 2.45 bits per heavy atom. The highest BCUT2D eigenvalue weighted by atomic mass is 19.1. The first-order chi connectivity index (χ1) is 14.0. The molecular weight excluding hydrogens is 367 g/mol. The lowest BCUT2D eigenvalue weighted by atomic mass is 10.1. The van der Waals surface area contributed by atoms with E-state index < -0.39 is 5.82 Å². The maximum absolute atomic E-state index is 14.1. The zero-order chi connectivity index (χ0) is 20.8. The van der Waals surface area contributed by atoms with Crippen LogP contribution in [0, 0.1) is 31.0 Å². The SMILES string of the molecule is CN=C(NCc1ccc(C#N)cc1F)NCc1ccccc1-n1nc(C)cc1C. The summed E-state index contributed by atoms with van der Waals surface area (Å²) in [5.41, 5.74) is 4.86. The van der Waals surface area contributed by atoms with E-state index in [-0.39, 0.29) is 6.54 Å². The predicted molar refractivity (Wildman–Crippen MR) is 111 cm³/mol. The van der Waals surface area contributed by atoms with Gasteiger partial charge in [-0.15, -0.1) is 0 Å². The number of nitrogens with zero attached hydrogens (tertiary/aromatic N) is 4. The number of hydrogen-bond donors (Lipinski definition) is 2. The van der Waals surface area contributed by atoms with E-state index in [0.29, 0.717) is 23.6 Å². The average molecular weight is 390 g/mol. The van der Waals surface area contributed by atoms with Crippen molar-refractivity contribution in [3.8, 4) is 11.8 Å². The third-order valence-electron chi connectivity index (χ3n) is 4.53. The first-order valence-corrected chi connectivity index (χ1v) is 9.26. The molecule has 1 aromatic heterocycles. The molecule has 0 fully saturated rings. The number of halogens is 1. The quantitative estimate of drug-likeness (QED) is 0.517. The van der Waals surface area contributed by atoms with Crippen LogP contribution in [0.4, 0.5) is 4.39 Å². The summed E-state index contributed by atoms with van der Waals surface area (Å²) in [5.74, 6) is 0.138. The molecule has 0 amide bonds. The van der Waals surface area contributed by atoms with Gasteiger partial charge in [0.05, 0.1) is 23.0 Å². The molecule has 29 heavy (non-hydrogen) atoms. The molecule has 0 atom stereocenters. The molecule has 0 spiro atoms. The van der Waals surface area contributed by atoms with Crippen LogP contribution in [-0.2, 0) is 13.1 Å². The summed E-state index contributed by atoms with van der Waals surface area (Å²) in [4.78, 5) is 4.20. The van der Waals surface area contributed by atoms with E-state index in [1.165, 1.54) is 6.07 Å². The highest BCUT2D eigenvalue weighted by Gasteiger charge is 2.10. The van der Waals surface area contributed by atoms with Gasteiger partial charge in [-0.25, -0.2) is 9.07 Å². The van der Waals surface area contributed by atoms with Gasteiger partial charge >= 0.3 is 0 Å². The van der Waals surface area contributed by atoms with Crippen LogP contribution in [0.1, 0.15) is 28.1 Å². The molecule has 0 saturated carbocycles. The van der Waals surface area contributed by atoms with Crippen molar-refractivity contribution in [2.75, 3.05) is 7.05 Å². The molecule has 6 nitrogen and oxygen atoms in total. The van der Waals surface area contributed by atoms with Gasteiger partial charge in [-0.05, 0) is 43.7 Å². The Kier molecular flexibility index (Phi) is 6.25. The zero-order valence-electron chi connectivity index (χ0n) is 16.7. The lowest BCUT2D eigenvalue weighted by molar-refractivity contribution is 0.604. The summed E-state index contributed by atoms with van der Waals surface area (Å²) < 4.78 is 16.0. The Hall–Kier alpha value is -3.66. The zero-order valence-corrected chi connectivity index (χ0v) is 16.7. The first-order valence-electron chi connectivity index (χ1n) is 9.26. The number of nitriles is 1. The molecule has 148 valence electrons. The minimum Gasteiger partial charge on any atom is -0.352 e. The van der Waals surface area contributed by atoms with Crippen LogP contribution >= 0.6 is 0 Å². The minimum atomic E-state index is -0.415. The van der Waals surface area contributed by atoms with Crippen molar-refractivity contribution in [2.45, 2.75) is 26.9 Å². The number of hydrogen-bond acceptors (Lipinski definition) is 3.